The molecule has 1 aromatic carbocycles. The highest BCUT2D eigenvalue weighted by atomic mass is 16.4. The molecule has 0 bridgehead atoms. The molecule has 84 valence electrons. The number of β-amino-alcohol motifs (C(OH)–C–C–N with tert-alkyl or cyclic N) is 1. The van der Waals surface area contributed by atoms with Gasteiger partial charge in [-0.15, -0.1) is 0 Å². The Balaban J connectivity index is 1.95. The first-order chi connectivity index (χ1) is 7.53. The minimum atomic E-state index is -0.625. The van der Waals surface area contributed by atoms with E-state index in [0.717, 1.165) is 11.1 Å². The summed E-state index contributed by atoms with van der Waals surface area (Å²) in [6, 6.07) is 5.91. The number of aliphatic hydroxyl groups is 1. The molecule has 3 rings (SSSR count). The normalized spacial score (nSPS) is 18.8. The van der Waals surface area contributed by atoms with Gasteiger partial charge in [-0.25, -0.2) is 0 Å². The van der Waals surface area contributed by atoms with Crippen LogP contribution in [0.25, 0.3) is 11.1 Å². The molecule has 0 spiro atoms. The smallest absolute Gasteiger partial charge is 0.298 e. The summed E-state index contributed by atoms with van der Waals surface area (Å²) in [5.74, 6) is 0. The first-order valence-corrected chi connectivity index (χ1v) is 5.17. The number of benzene rings is 1. The summed E-state index contributed by atoms with van der Waals surface area (Å²) in [5, 5.41) is 9.63. The van der Waals surface area contributed by atoms with Gasteiger partial charge in [0.05, 0.1) is 18.7 Å². The van der Waals surface area contributed by atoms with Crippen LogP contribution in [0.2, 0.25) is 0 Å². The van der Waals surface area contributed by atoms with Gasteiger partial charge < -0.3 is 20.2 Å². The minimum absolute atomic E-state index is 0.548. The minimum Gasteiger partial charge on any atom is -0.423 e. The average molecular weight is 219 g/mol. The fraction of sp³-hybridized carbons (Fsp3) is 0.364. The van der Waals surface area contributed by atoms with Crippen LogP contribution in [0.1, 0.15) is 6.92 Å². The summed E-state index contributed by atoms with van der Waals surface area (Å²) >= 11 is 0. The zero-order chi connectivity index (χ0) is 11.3. The van der Waals surface area contributed by atoms with Gasteiger partial charge in [0.15, 0.2) is 5.58 Å². The van der Waals surface area contributed by atoms with Crippen LogP contribution < -0.4 is 10.6 Å². The van der Waals surface area contributed by atoms with Gasteiger partial charge in [-0.05, 0) is 25.1 Å². The van der Waals surface area contributed by atoms with E-state index in [2.05, 4.69) is 4.98 Å². The molecule has 0 unspecified atom stereocenters. The average Bonchev–Trinajstić information content (AvgIpc) is 2.56. The van der Waals surface area contributed by atoms with Gasteiger partial charge in [0.25, 0.3) is 6.01 Å². The molecule has 0 radical (unpaired) electrons. The molecule has 5 heteroatoms. The molecule has 1 fully saturated rings. The SMILES string of the molecule is CC1(O)CN(c2nc3cc(N)ccc3o2)C1. The standard InChI is InChI=1S/C11H13N3O2/c1-11(15)5-14(6-11)10-13-8-4-7(12)2-3-9(8)16-10/h2-4,15H,5-6,12H2,1H3. The van der Waals surface area contributed by atoms with Crippen molar-refractivity contribution >= 4 is 22.8 Å². The van der Waals surface area contributed by atoms with E-state index < -0.39 is 5.60 Å². The molecule has 0 saturated carbocycles. The van der Waals surface area contributed by atoms with Crippen LogP contribution in [-0.2, 0) is 0 Å². The van der Waals surface area contributed by atoms with Crippen LogP contribution in [-0.4, -0.2) is 28.8 Å². The lowest BCUT2D eigenvalue weighted by Crippen LogP contribution is -2.60. The Morgan fingerprint density at radius 2 is 2.25 bits per heavy atom. The molecule has 3 N–H and O–H groups in total. The highest BCUT2D eigenvalue weighted by molar-refractivity contribution is 5.78. The van der Waals surface area contributed by atoms with Gasteiger partial charge in [-0.1, -0.05) is 0 Å². The van der Waals surface area contributed by atoms with Crippen LogP contribution in [0.5, 0.6) is 0 Å². The number of nitrogens with zero attached hydrogens (tertiary/aromatic N) is 2. The van der Waals surface area contributed by atoms with E-state index in [1.54, 1.807) is 25.1 Å². The fourth-order valence-electron chi connectivity index (χ4n) is 1.98. The van der Waals surface area contributed by atoms with Crippen LogP contribution in [0.3, 0.4) is 0 Å². The molecular formula is C11H13N3O2. The molecule has 1 aromatic heterocycles. The third-order valence-corrected chi connectivity index (χ3v) is 2.73. The van der Waals surface area contributed by atoms with E-state index in [-0.39, 0.29) is 0 Å². The molecule has 16 heavy (non-hydrogen) atoms. The van der Waals surface area contributed by atoms with Crippen LogP contribution >= 0.6 is 0 Å². The highest BCUT2D eigenvalue weighted by Crippen LogP contribution is 2.29. The number of hydrogen-bond donors (Lipinski definition) is 2. The molecule has 2 heterocycles. The van der Waals surface area contributed by atoms with E-state index in [1.165, 1.54) is 0 Å². The summed E-state index contributed by atoms with van der Waals surface area (Å²) in [4.78, 5) is 6.23. The van der Waals surface area contributed by atoms with Crippen molar-refractivity contribution in [3.63, 3.8) is 0 Å². The van der Waals surface area contributed by atoms with Crippen molar-refractivity contribution in [1.29, 1.82) is 0 Å². The number of aromatic nitrogens is 1. The lowest BCUT2D eigenvalue weighted by Gasteiger charge is -2.42. The molecule has 2 aromatic rings. The molecule has 5 nitrogen and oxygen atoms in total. The molecule has 0 aliphatic carbocycles. The molecule has 0 atom stereocenters. The Morgan fingerprint density at radius 3 is 2.94 bits per heavy atom. The largest absolute Gasteiger partial charge is 0.423 e. The maximum atomic E-state index is 9.63. The highest BCUT2D eigenvalue weighted by Gasteiger charge is 2.38. The van der Waals surface area contributed by atoms with Crippen LogP contribution in [0, 0.1) is 0 Å². The summed E-state index contributed by atoms with van der Waals surface area (Å²) in [6.45, 7) is 2.90. The number of nitrogens with two attached hydrogens (primary N) is 1. The topological polar surface area (TPSA) is 75.5 Å². The van der Waals surface area contributed by atoms with E-state index in [1.807, 2.05) is 4.90 Å². The van der Waals surface area contributed by atoms with Crippen molar-refractivity contribution in [2.45, 2.75) is 12.5 Å². The number of nitrogen functional groups attached to an aromatic ring is 1. The lowest BCUT2D eigenvalue weighted by atomic mass is 9.98. The molecule has 1 aliphatic heterocycles. The van der Waals surface area contributed by atoms with Crippen molar-refractivity contribution in [3.05, 3.63) is 18.2 Å². The second kappa shape index (κ2) is 2.89. The van der Waals surface area contributed by atoms with E-state index in [0.29, 0.717) is 24.8 Å². The Hall–Kier alpha value is -1.75. The molecule has 0 amide bonds. The second-order valence-corrected chi connectivity index (χ2v) is 4.58. The molecule has 1 saturated heterocycles. The van der Waals surface area contributed by atoms with Gasteiger partial charge in [0.2, 0.25) is 0 Å². The summed E-state index contributed by atoms with van der Waals surface area (Å²) in [7, 11) is 0. The molecular weight excluding hydrogens is 206 g/mol. The van der Waals surface area contributed by atoms with Crippen LogP contribution in [0.4, 0.5) is 11.7 Å². The number of fused-ring (bicyclic) bond motifs is 1. The number of anilines is 2. The monoisotopic (exact) mass is 219 g/mol. The van der Waals surface area contributed by atoms with Gasteiger partial charge in [0.1, 0.15) is 5.52 Å². The fourth-order valence-corrected chi connectivity index (χ4v) is 1.98. The maximum absolute atomic E-state index is 9.63. The van der Waals surface area contributed by atoms with Crippen LogP contribution in [0.15, 0.2) is 22.6 Å². The quantitative estimate of drug-likeness (QED) is 0.699. The zero-order valence-corrected chi connectivity index (χ0v) is 8.97. The maximum Gasteiger partial charge on any atom is 0.298 e. The van der Waals surface area contributed by atoms with Gasteiger partial charge in [-0.2, -0.15) is 4.98 Å². The number of hydrogen-bond acceptors (Lipinski definition) is 5. The van der Waals surface area contributed by atoms with E-state index >= 15 is 0 Å². The van der Waals surface area contributed by atoms with Crippen molar-refractivity contribution in [3.8, 4) is 0 Å². The van der Waals surface area contributed by atoms with Crippen molar-refractivity contribution < 1.29 is 9.52 Å². The third kappa shape index (κ3) is 1.40. The number of rotatable bonds is 1. The lowest BCUT2D eigenvalue weighted by molar-refractivity contribution is 0.0280. The first-order valence-electron chi connectivity index (χ1n) is 5.17. The summed E-state index contributed by atoms with van der Waals surface area (Å²) in [6.07, 6.45) is 0. The Bertz CT molecular complexity index is 539. The van der Waals surface area contributed by atoms with E-state index in [9.17, 15) is 5.11 Å². The zero-order valence-electron chi connectivity index (χ0n) is 8.97. The predicted molar refractivity (Wildman–Crippen MR) is 61.3 cm³/mol. The van der Waals surface area contributed by atoms with Gasteiger partial charge >= 0.3 is 0 Å². The number of oxazole rings is 1. The first kappa shape index (κ1) is 9.47. The summed E-state index contributed by atoms with van der Waals surface area (Å²) in [5.41, 5.74) is 7.18. The van der Waals surface area contributed by atoms with Crippen molar-refractivity contribution in [2.24, 2.45) is 0 Å². The van der Waals surface area contributed by atoms with Gasteiger partial charge in [-0.3, -0.25) is 0 Å². The van der Waals surface area contributed by atoms with E-state index in [4.69, 9.17) is 10.2 Å². The third-order valence-electron chi connectivity index (χ3n) is 2.73. The second-order valence-electron chi connectivity index (χ2n) is 4.58. The van der Waals surface area contributed by atoms with Gasteiger partial charge in [0, 0.05) is 5.69 Å². The predicted octanol–water partition coefficient (Wildman–Crippen LogP) is 0.981. The summed E-state index contributed by atoms with van der Waals surface area (Å²) < 4.78 is 5.57. The molecule has 1 aliphatic rings. The van der Waals surface area contributed by atoms with Crippen molar-refractivity contribution in [1.82, 2.24) is 4.98 Å². The van der Waals surface area contributed by atoms with Crippen molar-refractivity contribution in [2.75, 3.05) is 23.7 Å². The Morgan fingerprint density at radius 1 is 1.50 bits per heavy atom. The Kier molecular flexibility index (Phi) is 1.71. The Labute approximate surface area is 92.5 Å².